The number of benzene rings is 1. The molecule has 1 aromatic heterocycles. The lowest BCUT2D eigenvalue weighted by atomic mass is 9.71. The normalized spacial score (nSPS) is 27.7. The second-order valence-corrected chi connectivity index (χ2v) is 9.59. The lowest BCUT2D eigenvalue weighted by Crippen LogP contribution is -2.39. The first-order valence-corrected chi connectivity index (χ1v) is 12.0. The molecule has 4 rings (SSSR count). The molecule has 1 aliphatic heterocycles. The van der Waals surface area contributed by atoms with Gasteiger partial charge in [-0.15, -0.1) is 0 Å². The summed E-state index contributed by atoms with van der Waals surface area (Å²) in [7, 11) is 2.08. The number of fused-ring (bicyclic) bond motifs is 1. The Morgan fingerprint density at radius 2 is 1.72 bits per heavy atom. The van der Waals surface area contributed by atoms with E-state index in [2.05, 4.69) is 53.4 Å². The van der Waals surface area contributed by atoms with Crippen molar-refractivity contribution in [3.8, 4) is 0 Å². The second kappa shape index (κ2) is 10.1. The van der Waals surface area contributed by atoms with Gasteiger partial charge in [0.15, 0.2) is 7.98 Å². The molecule has 156 valence electrons. The van der Waals surface area contributed by atoms with Crippen LogP contribution < -0.4 is 5.23 Å². The maximum atomic E-state index is 4.60. The van der Waals surface area contributed by atoms with Crippen LogP contribution in [0.25, 0.3) is 10.9 Å². The van der Waals surface area contributed by atoms with Gasteiger partial charge in [0, 0.05) is 18.3 Å². The first-order valence-electron chi connectivity index (χ1n) is 12.0. The number of likely N-dealkylation sites (tertiary alicyclic amines) is 1. The molecule has 0 amide bonds. The van der Waals surface area contributed by atoms with E-state index in [1.807, 2.05) is 6.20 Å². The first kappa shape index (κ1) is 20.9. The smallest absolute Gasteiger partial charge is 0.183 e. The highest BCUT2D eigenvalue weighted by Crippen LogP contribution is 2.44. The highest BCUT2D eigenvalue weighted by Gasteiger charge is 2.32. The summed E-state index contributed by atoms with van der Waals surface area (Å²) in [6.07, 6.45) is 17.4. The van der Waals surface area contributed by atoms with Crippen molar-refractivity contribution in [2.45, 2.75) is 76.5 Å². The SMILES string of the molecule is BNCN1CCCC[C@@]2(CCCCC(c3ccnc4ccccc34)CCC2)CC1. The molecular weight excluding hydrogens is 353 g/mol. The van der Waals surface area contributed by atoms with E-state index in [1.54, 1.807) is 5.56 Å². The number of para-hydroxylation sites is 1. The van der Waals surface area contributed by atoms with E-state index in [9.17, 15) is 0 Å². The zero-order valence-corrected chi connectivity index (χ0v) is 18.3. The maximum Gasteiger partial charge on any atom is 0.183 e. The van der Waals surface area contributed by atoms with Crippen LogP contribution in [0.3, 0.4) is 0 Å². The van der Waals surface area contributed by atoms with Crippen LogP contribution in [-0.4, -0.2) is 37.6 Å². The number of hydrogen-bond donors (Lipinski definition) is 1. The fourth-order valence-electron chi connectivity index (χ4n) is 6.02. The van der Waals surface area contributed by atoms with E-state index >= 15 is 0 Å². The van der Waals surface area contributed by atoms with Crippen molar-refractivity contribution in [2.24, 2.45) is 5.41 Å². The molecule has 2 aromatic rings. The van der Waals surface area contributed by atoms with Crippen molar-refractivity contribution in [1.29, 1.82) is 0 Å². The molecular formula is C25H38BN3. The lowest BCUT2D eigenvalue weighted by Gasteiger charge is -2.38. The third-order valence-corrected chi connectivity index (χ3v) is 7.66. The Hall–Kier alpha value is -1.39. The van der Waals surface area contributed by atoms with Crippen molar-refractivity contribution >= 4 is 18.9 Å². The van der Waals surface area contributed by atoms with Crippen LogP contribution in [0.5, 0.6) is 0 Å². The van der Waals surface area contributed by atoms with Gasteiger partial charge < -0.3 is 5.23 Å². The molecule has 1 N–H and O–H groups in total. The third kappa shape index (κ3) is 5.21. The predicted octanol–water partition coefficient (Wildman–Crippen LogP) is 5.02. The number of hydrogen-bond acceptors (Lipinski definition) is 3. The highest BCUT2D eigenvalue weighted by molar-refractivity contribution is 6.04. The minimum absolute atomic E-state index is 0.599. The zero-order chi connectivity index (χ0) is 19.9. The molecule has 2 aliphatic rings. The van der Waals surface area contributed by atoms with Gasteiger partial charge in [-0.3, -0.25) is 9.88 Å². The summed E-state index contributed by atoms with van der Waals surface area (Å²) < 4.78 is 0. The van der Waals surface area contributed by atoms with Crippen molar-refractivity contribution in [2.75, 3.05) is 19.8 Å². The van der Waals surface area contributed by atoms with Gasteiger partial charge in [-0.25, -0.2) is 0 Å². The van der Waals surface area contributed by atoms with Gasteiger partial charge in [-0.2, -0.15) is 0 Å². The van der Waals surface area contributed by atoms with E-state index in [4.69, 9.17) is 0 Å². The Kier molecular flexibility index (Phi) is 7.26. The minimum Gasteiger partial charge on any atom is -0.350 e. The zero-order valence-electron chi connectivity index (χ0n) is 18.3. The number of rotatable bonds is 3. The Morgan fingerprint density at radius 1 is 0.931 bits per heavy atom. The average Bonchev–Trinajstić information content (AvgIpc) is 2.84. The van der Waals surface area contributed by atoms with Gasteiger partial charge in [0.05, 0.1) is 5.52 Å². The molecule has 1 saturated heterocycles. The molecule has 2 fully saturated rings. The van der Waals surface area contributed by atoms with Crippen LogP contribution in [-0.2, 0) is 0 Å². The number of nitrogens with one attached hydrogen (secondary N) is 1. The molecule has 2 heterocycles. The van der Waals surface area contributed by atoms with Gasteiger partial charge in [-0.1, -0.05) is 43.9 Å². The molecule has 1 saturated carbocycles. The summed E-state index contributed by atoms with van der Waals surface area (Å²) in [5.41, 5.74) is 3.30. The van der Waals surface area contributed by atoms with Crippen LogP contribution in [0.4, 0.5) is 0 Å². The minimum atomic E-state index is 0.599. The number of nitrogens with zero attached hydrogens (tertiary/aromatic N) is 2. The standard InChI is InChI=1S/C25H38BN3/c26-28-20-29-18-6-5-14-25(16-19-29)13-4-3-8-21(9-7-15-25)22-12-17-27-24-11-2-1-10-23(22)24/h1-2,10-12,17,21,28H,3-9,13-16,18-20,26H2/t21?,25-/m1/s1. The summed E-state index contributed by atoms with van der Waals surface area (Å²) in [6.45, 7) is 3.60. The quantitative estimate of drug-likeness (QED) is 0.745. The van der Waals surface area contributed by atoms with Crippen LogP contribution in [0.2, 0.25) is 0 Å². The second-order valence-electron chi connectivity index (χ2n) is 9.59. The number of pyridine rings is 1. The van der Waals surface area contributed by atoms with Gasteiger partial charge in [-0.05, 0) is 87.1 Å². The van der Waals surface area contributed by atoms with E-state index in [1.165, 1.54) is 89.1 Å². The third-order valence-electron chi connectivity index (χ3n) is 7.66. The van der Waals surface area contributed by atoms with Crippen LogP contribution >= 0.6 is 0 Å². The lowest BCUT2D eigenvalue weighted by molar-refractivity contribution is 0.123. The fraction of sp³-hybridized carbons (Fsp3) is 0.640. The van der Waals surface area contributed by atoms with E-state index < -0.39 is 0 Å². The van der Waals surface area contributed by atoms with Crippen LogP contribution in [0.15, 0.2) is 36.5 Å². The van der Waals surface area contributed by atoms with Crippen LogP contribution in [0.1, 0.15) is 82.1 Å². The molecule has 1 aliphatic carbocycles. The van der Waals surface area contributed by atoms with Gasteiger partial charge in [0.25, 0.3) is 0 Å². The Labute approximate surface area is 178 Å². The largest absolute Gasteiger partial charge is 0.350 e. The topological polar surface area (TPSA) is 28.2 Å². The summed E-state index contributed by atoms with van der Waals surface area (Å²) in [6, 6.07) is 11.0. The van der Waals surface area contributed by atoms with Crippen molar-refractivity contribution in [1.82, 2.24) is 15.1 Å². The van der Waals surface area contributed by atoms with Crippen molar-refractivity contribution in [3.05, 3.63) is 42.1 Å². The maximum absolute atomic E-state index is 4.60. The first-order chi connectivity index (χ1) is 14.3. The van der Waals surface area contributed by atoms with Crippen molar-refractivity contribution in [3.63, 3.8) is 0 Å². The Bertz CT molecular complexity index is 774. The van der Waals surface area contributed by atoms with E-state index in [-0.39, 0.29) is 0 Å². The Balaban J connectivity index is 1.46. The van der Waals surface area contributed by atoms with E-state index in [0.29, 0.717) is 11.3 Å². The molecule has 2 atom stereocenters. The number of aromatic nitrogens is 1. The predicted molar refractivity (Wildman–Crippen MR) is 126 cm³/mol. The molecule has 0 radical (unpaired) electrons. The van der Waals surface area contributed by atoms with Gasteiger partial charge in [0.1, 0.15) is 0 Å². The molecule has 3 nitrogen and oxygen atoms in total. The summed E-state index contributed by atoms with van der Waals surface area (Å²) in [4.78, 5) is 7.24. The summed E-state index contributed by atoms with van der Waals surface area (Å²) in [5, 5.41) is 4.75. The molecule has 1 spiro atoms. The monoisotopic (exact) mass is 391 g/mol. The summed E-state index contributed by atoms with van der Waals surface area (Å²) >= 11 is 0. The van der Waals surface area contributed by atoms with Crippen LogP contribution in [0, 0.1) is 5.41 Å². The molecule has 29 heavy (non-hydrogen) atoms. The van der Waals surface area contributed by atoms with Crippen molar-refractivity contribution < 1.29 is 0 Å². The van der Waals surface area contributed by atoms with E-state index in [0.717, 1.165) is 12.2 Å². The Morgan fingerprint density at radius 3 is 2.62 bits per heavy atom. The summed E-state index contributed by atoms with van der Waals surface area (Å²) in [5.74, 6) is 0.701. The van der Waals surface area contributed by atoms with Gasteiger partial charge in [0.2, 0.25) is 0 Å². The highest BCUT2D eigenvalue weighted by atomic mass is 15.2. The molecule has 0 bridgehead atoms. The fourth-order valence-corrected chi connectivity index (χ4v) is 6.02. The molecule has 4 heteroatoms. The van der Waals surface area contributed by atoms with Gasteiger partial charge >= 0.3 is 0 Å². The molecule has 1 unspecified atom stereocenters. The molecule has 1 aromatic carbocycles. The average molecular weight is 391 g/mol.